The Kier molecular flexibility index (Phi) is 4.38. The fourth-order valence-electron chi connectivity index (χ4n) is 1.25. The smallest absolute Gasteiger partial charge is 0.128 e. The van der Waals surface area contributed by atoms with Gasteiger partial charge in [-0.2, -0.15) is 0 Å². The molecule has 0 aliphatic carbocycles. The van der Waals surface area contributed by atoms with E-state index in [4.69, 9.17) is 0 Å². The van der Waals surface area contributed by atoms with E-state index in [1.807, 2.05) is 20.8 Å². The molecular weight excluding hydrogens is 244 g/mol. The van der Waals surface area contributed by atoms with Crippen LogP contribution in [0.1, 0.15) is 39.3 Å². The van der Waals surface area contributed by atoms with Gasteiger partial charge >= 0.3 is 0 Å². The Balaban J connectivity index is 2.87. The maximum atomic E-state index is 13.5. The highest BCUT2D eigenvalue weighted by Crippen LogP contribution is 2.20. The maximum Gasteiger partial charge on any atom is 0.128 e. The summed E-state index contributed by atoms with van der Waals surface area (Å²) < 4.78 is 40.6. The molecule has 1 N–H and O–H groups in total. The van der Waals surface area contributed by atoms with Crippen molar-refractivity contribution in [3.8, 4) is 0 Å². The average Bonchev–Trinajstić information content (AvgIpc) is 2.20. The molecule has 1 rings (SSSR count). The van der Waals surface area contributed by atoms with Gasteiger partial charge in [-0.15, -0.1) is 0 Å². The zero-order valence-corrected chi connectivity index (χ0v) is 11.2. The maximum absolute atomic E-state index is 13.5. The number of rotatable bonds is 3. The second-order valence-corrected chi connectivity index (χ2v) is 6.88. The van der Waals surface area contributed by atoms with Crippen LogP contribution in [0.25, 0.3) is 0 Å². The van der Waals surface area contributed by atoms with Gasteiger partial charge in [0, 0.05) is 11.6 Å². The summed E-state index contributed by atoms with van der Waals surface area (Å²) in [6.45, 7) is 7.09. The van der Waals surface area contributed by atoms with Gasteiger partial charge < -0.3 is 0 Å². The third-order valence-corrected chi connectivity index (χ3v) is 3.94. The van der Waals surface area contributed by atoms with E-state index in [2.05, 4.69) is 4.72 Å². The van der Waals surface area contributed by atoms with Crippen molar-refractivity contribution in [2.75, 3.05) is 0 Å². The normalized spacial score (nSPS) is 15.6. The SMILES string of the molecule is C[C@@H](NS(=O)C(C)(C)C)c1cc(F)ccc1F. The third-order valence-electron chi connectivity index (χ3n) is 2.26. The second-order valence-electron chi connectivity index (χ2n) is 4.89. The topological polar surface area (TPSA) is 29.1 Å². The van der Waals surface area contributed by atoms with Crippen molar-refractivity contribution in [2.24, 2.45) is 0 Å². The summed E-state index contributed by atoms with van der Waals surface area (Å²) in [6, 6.07) is 2.74. The first kappa shape index (κ1) is 14.3. The van der Waals surface area contributed by atoms with Gasteiger partial charge in [0.1, 0.15) is 11.6 Å². The molecule has 17 heavy (non-hydrogen) atoms. The van der Waals surface area contributed by atoms with E-state index in [0.29, 0.717) is 0 Å². The predicted octanol–water partition coefficient (Wildman–Crippen LogP) is 3.08. The van der Waals surface area contributed by atoms with Gasteiger partial charge in [-0.05, 0) is 45.9 Å². The van der Waals surface area contributed by atoms with Crippen LogP contribution in [-0.4, -0.2) is 8.96 Å². The molecule has 0 saturated heterocycles. The zero-order chi connectivity index (χ0) is 13.2. The summed E-state index contributed by atoms with van der Waals surface area (Å²) in [5.41, 5.74) is 0.183. The van der Waals surface area contributed by atoms with Crippen LogP contribution in [0.5, 0.6) is 0 Å². The molecule has 0 bridgehead atoms. The van der Waals surface area contributed by atoms with Crippen molar-refractivity contribution in [1.82, 2.24) is 4.72 Å². The molecule has 0 fully saturated rings. The van der Waals surface area contributed by atoms with E-state index >= 15 is 0 Å². The molecule has 0 amide bonds. The highest BCUT2D eigenvalue weighted by molar-refractivity contribution is 7.84. The van der Waals surface area contributed by atoms with Crippen molar-refractivity contribution < 1.29 is 13.0 Å². The molecule has 0 aliphatic rings. The zero-order valence-electron chi connectivity index (χ0n) is 10.4. The summed E-state index contributed by atoms with van der Waals surface area (Å²) >= 11 is 0. The average molecular weight is 261 g/mol. The summed E-state index contributed by atoms with van der Waals surface area (Å²) in [5.74, 6) is -1.01. The summed E-state index contributed by atoms with van der Waals surface area (Å²) in [7, 11) is -1.32. The molecule has 1 unspecified atom stereocenters. The molecular formula is C12H17F2NOS. The van der Waals surface area contributed by atoms with Crippen LogP contribution in [0.15, 0.2) is 18.2 Å². The summed E-state index contributed by atoms with van der Waals surface area (Å²) in [5, 5.41) is 0. The molecule has 0 spiro atoms. The molecule has 2 atom stereocenters. The number of hydrogen-bond donors (Lipinski definition) is 1. The lowest BCUT2D eigenvalue weighted by Gasteiger charge is -2.22. The van der Waals surface area contributed by atoms with Crippen LogP contribution in [0.3, 0.4) is 0 Å². The Bertz CT molecular complexity index is 429. The molecule has 2 nitrogen and oxygen atoms in total. The molecule has 0 aliphatic heterocycles. The van der Waals surface area contributed by atoms with Crippen molar-refractivity contribution in [2.45, 2.75) is 38.5 Å². The van der Waals surface area contributed by atoms with Crippen molar-refractivity contribution >= 4 is 11.0 Å². The summed E-state index contributed by atoms with van der Waals surface area (Å²) in [6.07, 6.45) is 0. The van der Waals surface area contributed by atoms with Gasteiger partial charge in [-0.3, -0.25) is 0 Å². The molecule has 0 heterocycles. The number of nitrogens with one attached hydrogen (secondary N) is 1. The molecule has 5 heteroatoms. The van der Waals surface area contributed by atoms with Crippen LogP contribution in [0.2, 0.25) is 0 Å². The largest absolute Gasteiger partial charge is 0.242 e. The van der Waals surface area contributed by atoms with Gasteiger partial charge in [0.2, 0.25) is 0 Å². The van der Waals surface area contributed by atoms with Crippen LogP contribution >= 0.6 is 0 Å². The van der Waals surface area contributed by atoms with E-state index in [0.717, 1.165) is 18.2 Å². The van der Waals surface area contributed by atoms with Gasteiger partial charge in [-0.1, -0.05) is 0 Å². The van der Waals surface area contributed by atoms with Gasteiger partial charge in [0.25, 0.3) is 0 Å². The fraction of sp³-hybridized carbons (Fsp3) is 0.500. The minimum atomic E-state index is -1.32. The van der Waals surface area contributed by atoms with E-state index in [1.54, 1.807) is 6.92 Å². The summed E-state index contributed by atoms with van der Waals surface area (Å²) in [4.78, 5) is 0. The first-order valence-corrected chi connectivity index (χ1v) is 6.50. The van der Waals surface area contributed by atoms with Gasteiger partial charge in [0.05, 0.1) is 15.7 Å². The van der Waals surface area contributed by atoms with Gasteiger partial charge in [0.15, 0.2) is 0 Å². The highest BCUT2D eigenvalue weighted by atomic mass is 32.2. The van der Waals surface area contributed by atoms with E-state index in [9.17, 15) is 13.0 Å². The molecule has 0 saturated carbocycles. The molecule has 1 aromatic carbocycles. The third kappa shape index (κ3) is 3.85. The monoisotopic (exact) mass is 261 g/mol. The molecule has 96 valence electrons. The minimum absolute atomic E-state index is 0.183. The Labute approximate surface area is 103 Å². The molecule has 0 aromatic heterocycles. The Hall–Kier alpha value is -0.810. The lowest BCUT2D eigenvalue weighted by Crippen LogP contribution is -2.35. The van der Waals surface area contributed by atoms with Crippen LogP contribution in [0.4, 0.5) is 8.78 Å². The fourth-order valence-corrected chi connectivity index (χ4v) is 2.05. The van der Waals surface area contributed by atoms with Crippen molar-refractivity contribution in [3.63, 3.8) is 0 Å². The first-order chi connectivity index (χ1) is 7.71. The van der Waals surface area contributed by atoms with Gasteiger partial charge in [-0.25, -0.2) is 17.7 Å². The van der Waals surface area contributed by atoms with E-state index < -0.39 is 33.4 Å². The van der Waals surface area contributed by atoms with Crippen LogP contribution in [-0.2, 0) is 11.0 Å². The Morgan fingerprint density at radius 2 is 1.88 bits per heavy atom. The standard InChI is InChI=1S/C12H17F2NOS/c1-8(15-17(16)12(2,3)4)10-7-9(13)5-6-11(10)14/h5-8,15H,1-4H3/t8-,17?/m1/s1. The van der Waals surface area contributed by atoms with Crippen molar-refractivity contribution in [1.29, 1.82) is 0 Å². The molecule has 1 aromatic rings. The second kappa shape index (κ2) is 5.23. The van der Waals surface area contributed by atoms with E-state index in [1.165, 1.54) is 0 Å². The Morgan fingerprint density at radius 3 is 2.41 bits per heavy atom. The number of hydrogen-bond acceptors (Lipinski definition) is 1. The van der Waals surface area contributed by atoms with Crippen molar-refractivity contribution in [3.05, 3.63) is 35.4 Å². The lowest BCUT2D eigenvalue weighted by atomic mass is 10.1. The number of benzene rings is 1. The van der Waals surface area contributed by atoms with Crippen LogP contribution < -0.4 is 4.72 Å². The lowest BCUT2D eigenvalue weighted by molar-refractivity contribution is 0.556. The van der Waals surface area contributed by atoms with Crippen LogP contribution in [0, 0.1) is 11.6 Å². The number of halogens is 2. The minimum Gasteiger partial charge on any atom is -0.242 e. The Morgan fingerprint density at radius 1 is 1.29 bits per heavy atom. The first-order valence-electron chi connectivity index (χ1n) is 5.35. The van der Waals surface area contributed by atoms with E-state index in [-0.39, 0.29) is 5.56 Å². The quantitative estimate of drug-likeness (QED) is 0.890. The highest BCUT2D eigenvalue weighted by Gasteiger charge is 2.22. The predicted molar refractivity (Wildman–Crippen MR) is 65.8 cm³/mol. The molecule has 0 radical (unpaired) electrons.